The minimum atomic E-state index is 0.693. The largest absolute Gasteiger partial charge is 0.278 e. The number of fused-ring (bicyclic) bond motifs is 9. The predicted molar refractivity (Wildman–Crippen MR) is 197 cm³/mol. The van der Waals surface area contributed by atoms with Gasteiger partial charge in [0.25, 0.3) is 0 Å². The molecule has 5 nitrogen and oxygen atoms in total. The lowest BCUT2D eigenvalue weighted by Gasteiger charge is -2.07. The lowest BCUT2D eigenvalue weighted by molar-refractivity contribution is 1.01. The normalized spacial score (nSPS) is 12.0. The Bertz CT molecular complexity index is 2810. The molecule has 5 heterocycles. The van der Waals surface area contributed by atoms with Gasteiger partial charge in [-0.1, -0.05) is 72.3 Å². The van der Waals surface area contributed by atoms with Gasteiger partial charge in [0.05, 0.1) is 37.7 Å². The Morgan fingerprint density at radius 1 is 0.553 bits per heavy atom. The summed E-state index contributed by atoms with van der Waals surface area (Å²) in [6, 6.07) is 38.9. The van der Waals surface area contributed by atoms with Crippen molar-refractivity contribution in [3.05, 3.63) is 138 Å². The zero-order chi connectivity index (χ0) is 31.1. The molecule has 5 aromatic carbocycles. The summed E-state index contributed by atoms with van der Waals surface area (Å²) in [4.78, 5) is 19.9. The van der Waals surface area contributed by atoms with E-state index in [1.807, 2.05) is 12.4 Å². The maximum atomic E-state index is 5.20. The highest BCUT2D eigenvalue weighted by atomic mass is 32.1. The van der Waals surface area contributed by atoms with Crippen LogP contribution in [0, 0.1) is 6.92 Å². The first kappa shape index (κ1) is 26.7. The number of aromatic nitrogens is 5. The first-order valence-electron chi connectivity index (χ1n) is 15.6. The number of nitrogens with zero attached hydrogens (tertiary/aromatic N) is 5. The molecule has 10 rings (SSSR count). The Hall–Kier alpha value is -5.50. The van der Waals surface area contributed by atoms with Crippen molar-refractivity contribution in [2.45, 2.75) is 13.3 Å². The maximum absolute atomic E-state index is 5.20. The molecule has 7 heteroatoms. The molecule has 0 saturated carbocycles. The second-order valence-corrected chi connectivity index (χ2v) is 14.2. The van der Waals surface area contributed by atoms with Crippen LogP contribution < -0.4 is 0 Å². The van der Waals surface area contributed by atoms with E-state index in [-0.39, 0.29) is 0 Å². The Labute approximate surface area is 277 Å². The second-order valence-electron chi connectivity index (χ2n) is 12.1. The van der Waals surface area contributed by atoms with Gasteiger partial charge >= 0.3 is 0 Å². The van der Waals surface area contributed by atoms with E-state index in [9.17, 15) is 0 Å². The molecule has 47 heavy (non-hydrogen) atoms. The van der Waals surface area contributed by atoms with Crippen LogP contribution in [0.15, 0.2) is 122 Å². The van der Waals surface area contributed by atoms with Gasteiger partial charge in [-0.3, -0.25) is 4.57 Å². The first-order valence-corrected chi connectivity index (χ1v) is 17.2. The Kier molecular flexibility index (Phi) is 5.82. The number of benzene rings is 5. The summed E-state index contributed by atoms with van der Waals surface area (Å²) in [5.41, 5.74) is 8.97. The van der Waals surface area contributed by atoms with E-state index in [0.29, 0.717) is 5.95 Å². The molecule has 222 valence electrons. The summed E-state index contributed by atoms with van der Waals surface area (Å²) in [7, 11) is 0. The van der Waals surface area contributed by atoms with Gasteiger partial charge < -0.3 is 0 Å². The number of rotatable bonds is 4. The van der Waals surface area contributed by atoms with Crippen molar-refractivity contribution in [2.24, 2.45) is 0 Å². The average Bonchev–Trinajstić information content (AvgIpc) is 3.77. The number of hydrogen-bond acceptors (Lipinski definition) is 6. The van der Waals surface area contributed by atoms with Crippen LogP contribution in [0.4, 0.5) is 0 Å². The van der Waals surface area contributed by atoms with E-state index in [4.69, 9.17) is 19.9 Å². The molecule has 0 spiro atoms. The highest BCUT2D eigenvalue weighted by Gasteiger charge is 2.16. The van der Waals surface area contributed by atoms with E-state index >= 15 is 0 Å². The molecule has 0 aliphatic heterocycles. The van der Waals surface area contributed by atoms with Crippen LogP contribution in [0.1, 0.15) is 16.7 Å². The van der Waals surface area contributed by atoms with Gasteiger partial charge in [0.1, 0.15) is 0 Å². The quantitative estimate of drug-likeness (QED) is 0.192. The van der Waals surface area contributed by atoms with Crippen LogP contribution in [0.5, 0.6) is 0 Å². The van der Waals surface area contributed by atoms with Crippen molar-refractivity contribution in [1.29, 1.82) is 0 Å². The topological polar surface area (TPSA) is 56.5 Å². The lowest BCUT2D eigenvalue weighted by Crippen LogP contribution is -2.00. The molecular weight excluding hydrogens is 615 g/mol. The van der Waals surface area contributed by atoms with Crippen molar-refractivity contribution in [3.63, 3.8) is 0 Å². The van der Waals surface area contributed by atoms with Gasteiger partial charge in [-0.15, -0.1) is 22.7 Å². The molecule has 0 aliphatic rings. The summed E-state index contributed by atoms with van der Waals surface area (Å²) >= 11 is 3.49. The van der Waals surface area contributed by atoms with Crippen LogP contribution >= 0.6 is 22.7 Å². The number of aryl methyl sites for hydroxylation is 1. The monoisotopic (exact) mass is 639 g/mol. The predicted octanol–water partition coefficient (Wildman–Crippen LogP) is 10.7. The number of hydrogen-bond donors (Lipinski definition) is 0. The molecule has 0 unspecified atom stereocenters. The average molecular weight is 640 g/mol. The third kappa shape index (κ3) is 4.28. The molecule has 0 saturated heterocycles. The Morgan fingerprint density at radius 3 is 2.00 bits per heavy atom. The smallest absolute Gasteiger partial charge is 0.235 e. The zero-order valence-electron chi connectivity index (χ0n) is 25.3. The van der Waals surface area contributed by atoms with E-state index < -0.39 is 0 Å². The summed E-state index contributed by atoms with van der Waals surface area (Å²) < 4.78 is 6.85. The third-order valence-corrected chi connectivity index (χ3v) is 11.2. The van der Waals surface area contributed by atoms with Crippen LogP contribution in [0.3, 0.4) is 0 Å². The second kappa shape index (κ2) is 10.3. The third-order valence-electron chi connectivity index (χ3n) is 9.00. The van der Waals surface area contributed by atoms with E-state index in [1.54, 1.807) is 22.7 Å². The fourth-order valence-corrected chi connectivity index (χ4v) is 8.82. The highest BCUT2D eigenvalue weighted by Crippen LogP contribution is 2.37. The molecular formula is C40H25N5S2. The molecule has 0 fully saturated rings. The Morgan fingerprint density at radius 2 is 1.21 bits per heavy atom. The summed E-state index contributed by atoms with van der Waals surface area (Å²) in [6.07, 6.45) is 4.74. The van der Waals surface area contributed by atoms with Crippen molar-refractivity contribution in [3.8, 4) is 17.3 Å². The first-order chi connectivity index (χ1) is 23.2. The summed E-state index contributed by atoms with van der Waals surface area (Å²) in [5.74, 6) is 1.45. The standard InChI is InChI=1S/C40H25N5S2/c1-23-13-15-33-29(17-23)37-35(46-33)21-41-39(43-37)26-8-6-7-24(19-26)18-25-14-16-34-30(20-25)38-36(47-34)22-42-40(44-38)45-31-11-4-2-9-27(31)28-10-3-5-12-32(28)45/h2-17,19-22H,18H2,1H3. The maximum Gasteiger partial charge on any atom is 0.235 e. The SMILES string of the molecule is Cc1ccc2sc3cnc(-c4cccc(Cc5ccc6sc7cnc(-n8c9ccccc9c9ccccc98)nc7c6c5)c4)nc3c2c1. The van der Waals surface area contributed by atoms with Crippen LogP contribution in [-0.2, 0) is 6.42 Å². The zero-order valence-corrected chi connectivity index (χ0v) is 26.9. The minimum absolute atomic E-state index is 0.693. The van der Waals surface area contributed by atoms with Gasteiger partial charge in [0, 0.05) is 42.7 Å². The van der Waals surface area contributed by atoms with E-state index in [2.05, 4.69) is 121 Å². The molecule has 0 atom stereocenters. The molecule has 0 aliphatic carbocycles. The van der Waals surface area contributed by atoms with Crippen LogP contribution in [0.25, 0.3) is 79.7 Å². The van der Waals surface area contributed by atoms with Crippen LogP contribution in [-0.4, -0.2) is 24.5 Å². The molecule has 0 bridgehead atoms. The molecule has 0 radical (unpaired) electrons. The Balaban J connectivity index is 1.03. The van der Waals surface area contributed by atoms with Gasteiger partial charge in [-0.05, 0) is 66.9 Å². The fourth-order valence-electron chi connectivity index (χ4n) is 6.82. The van der Waals surface area contributed by atoms with Crippen LogP contribution in [0.2, 0.25) is 0 Å². The van der Waals surface area contributed by atoms with Gasteiger partial charge in [0.15, 0.2) is 5.82 Å². The highest BCUT2D eigenvalue weighted by molar-refractivity contribution is 7.26. The summed E-state index contributed by atoms with van der Waals surface area (Å²) in [6.45, 7) is 2.13. The minimum Gasteiger partial charge on any atom is -0.278 e. The van der Waals surface area contributed by atoms with E-state index in [1.165, 1.54) is 42.2 Å². The fraction of sp³-hybridized carbons (Fsp3) is 0.0500. The van der Waals surface area contributed by atoms with Crippen molar-refractivity contribution < 1.29 is 0 Å². The number of para-hydroxylation sites is 2. The molecule has 10 aromatic rings. The van der Waals surface area contributed by atoms with Crippen molar-refractivity contribution in [2.75, 3.05) is 0 Å². The van der Waals surface area contributed by atoms with Gasteiger partial charge in [-0.25, -0.2) is 19.9 Å². The van der Waals surface area contributed by atoms with Gasteiger partial charge in [-0.2, -0.15) is 0 Å². The summed E-state index contributed by atoms with van der Waals surface area (Å²) in [5, 5.41) is 4.77. The van der Waals surface area contributed by atoms with Crippen molar-refractivity contribution >= 4 is 85.1 Å². The van der Waals surface area contributed by atoms with Crippen molar-refractivity contribution in [1.82, 2.24) is 24.5 Å². The molecule has 0 N–H and O–H groups in total. The lowest BCUT2D eigenvalue weighted by atomic mass is 10.0. The van der Waals surface area contributed by atoms with Gasteiger partial charge in [0.2, 0.25) is 5.95 Å². The van der Waals surface area contributed by atoms with E-state index in [0.717, 1.165) is 54.7 Å². The number of thiophene rings is 2. The molecule has 5 aromatic heterocycles. The molecule has 0 amide bonds.